The molecule has 0 spiro atoms. The lowest BCUT2D eigenvalue weighted by Crippen LogP contribution is -2.30. The number of hydrogen-bond acceptors (Lipinski definition) is 6. The summed E-state index contributed by atoms with van der Waals surface area (Å²) < 4.78 is 16.7. The van der Waals surface area contributed by atoms with Gasteiger partial charge in [0.05, 0.1) is 0 Å². The van der Waals surface area contributed by atoms with E-state index in [0.29, 0.717) is 19.3 Å². The Morgan fingerprint density at radius 3 is 1.05 bits per heavy atom. The summed E-state index contributed by atoms with van der Waals surface area (Å²) >= 11 is 0. The van der Waals surface area contributed by atoms with Gasteiger partial charge in [-0.25, -0.2) is 0 Å². The first-order valence-electron chi connectivity index (χ1n) is 25.4. The van der Waals surface area contributed by atoms with Gasteiger partial charge >= 0.3 is 17.9 Å². The van der Waals surface area contributed by atoms with Crippen LogP contribution in [0.5, 0.6) is 0 Å². The zero-order valence-electron chi connectivity index (χ0n) is 39.9. The van der Waals surface area contributed by atoms with Crippen LogP contribution < -0.4 is 0 Å². The Morgan fingerprint density at radius 2 is 0.639 bits per heavy atom. The van der Waals surface area contributed by atoms with E-state index in [0.717, 1.165) is 109 Å². The molecular formula is C55H94O6. The van der Waals surface area contributed by atoms with E-state index in [1.54, 1.807) is 0 Å². The van der Waals surface area contributed by atoms with Gasteiger partial charge in [0, 0.05) is 19.3 Å². The molecule has 0 aliphatic heterocycles. The fraction of sp³-hybridized carbons (Fsp3) is 0.727. The first kappa shape index (κ1) is 57.9. The molecule has 350 valence electrons. The largest absolute Gasteiger partial charge is 0.462 e. The number of ether oxygens (including phenoxy) is 3. The summed E-state index contributed by atoms with van der Waals surface area (Å²) in [5, 5.41) is 0. The van der Waals surface area contributed by atoms with Crippen molar-refractivity contribution >= 4 is 17.9 Å². The third kappa shape index (κ3) is 47.7. The highest BCUT2D eigenvalue weighted by Crippen LogP contribution is 2.14. The van der Waals surface area contributed by atoms with Crippen LogP contribution in [-0.4, -0.2) is 37.2 Å². The molecule has 6 nitrogen and oxygen atoms in total. The third-order valence-electron chi connectivity index (χ3n) is 10.7. The van der Waals surface area contributed by atoms with Gasteiger partial charge in [-0.1, -0.05) is 203 Å². The van der Waals surface area contributed by atoms with Crippen molar-refractivity contribution in [1.29, 1.82) is 0 Å². The lowest BCUT2D eigenvalue weighted by Gasteiger charge is -2.18. The molecule has 6 heteroatoms. The van der Waals surface area contributed by atoms with Crippen molar-refractivity contribution in [3.05, 3.63) is 72.9 Å². The van der Waals surface area contributed by atoms with E-state index in [1.807, 2.05) is 0 Å². The summed E-state index contributed by atoms with van der Waals surface area (Å²) in [4.78, 5) is 37.7. The van der Waals surface area contributed by atoms with Crippen LogP contribution >= 0.6 is 0 Å². The van der Waals surface area contributed by atoms with Crippen LogP contribution in [-0.2, 0) is 28.6 Å². The topological polar surface area (TPSA) is 78.9 Å². The minimum atomic E-state index is -0.777. The van der Waals surface area contributed by atoms with E-state index in [4.69, 9.17) is 14.2 Å². The maximum Gasteiger partial charge on any atom is 0.306 e. The highest BCUT2D eigenvalue weighted by atomic mass is 16.6. The molecule has 0 fully saturated rings. The zero-order valence-corrected chi connectivity index (χ0v) is 39.9. The number of rotatable bonds is 45. The SMILES string of the molecule is CC/C=C\C/C=C\C/C=C\C/C=C\C/C=C\CCCCCCCCCCCC(=O)OCC(COC(=O)CCCCCCCC)OC(=O)CCCCCCC/C=C\CCCCC. The number of allylic oxidation sites excluding steroid dienone is 12. The second-order valence-corrected chi connectivity index (χ2v) is 16.7. The zero-order chi connectivity index (χ0) is 44.4. The van der Waals surface area contributed by atoms with E-state index in [2.05, 4.69) is 93.7 Å². The first-order chi connectivity index (χ1) is 30.0. The Balaban J connectivity index is 4.15. The molecule has 0 aliphatic carbocycles. The Labute approximate surface area is 376 Å². The number of carbonyl (C=O) groups excluding carboxylic acids is 3. The average molecular weight is 851 g/mol. The van der Waals surface area contributed by atoms with Crippen molar-refractivity contribution in [3.63, 3.8) is 0 Å². The summed E-state index contributed by atoms with van der Waals surface area (Å²) in [5.41, 5.74) is 0. The van der Waals surface area contributed by atoms with Gasteiger partial charge in [-0.2, -0.15) is 0 Å². The van der Waals surface area contributed by atoms with Gasteiger partial charge in [-0.05, 0) is 89.9 Å². The molecule has 0 aromatic heterocycles. The lowest BCUT2D eigenvalue weighted by atomic mass is 10.1. The smallest absolute Gasteiger partial charge is 0.306 e. The lowest BCUT2D eigenvalue weighted by molar-refractivity contribution is -0.167. The monoisotopic (exact) mass is 851 g/mol. The maximum atomic E-state index is 12.7. The van der Waals surface area contributed by atoms with E-state index < -0.39 is 6.10 Å². The van der Waals surface area contributed by atoms with Crippen molar-refractivity contribution in [2.75, 3.05) is 13.2 Å². The quantitative estimate of drug-likeness (QED) is 0.0263. The number of unbranched alkanes of at least 4 members (excludes halogenated alkanes) is 22. The van der Waals surface area contributed by atoms with Crippen LogP contribution in [0.3, 0.4) is 0 Å². The van der Waals surface area contributed by atoms with Gasteiger partial charge in [-0.3, -0.25) is 14.4 Å². The summed E-state index contributed by atoms with van der Waals surface area (Å²) in [5.74, 6) is -0.906. The van der Waals surface area contributed by atoms with Crippen LogP contribution in [0.1, 0.15) is 239 Å². The van der Waals surface area contributed by atoms with Gasteiger partial charge in [0.15, 0.2) is 6.10 Å². The van der Waals surface area contributed by atoms with Crippen LogP contribution in [0.4, 0.5) is 0 Å². The standard InChI is InChI=1S/C55H94O6/c1-4-7-10-13-16-18-20-22-23-24-25-26-27-28-29-30-31-32-33-34-36-37-39-42-45-48-54(57)60-51-52(50-59-53(56)47-44-41-15-12-9-6-3)61-55(58)49-46-43-40-38-35-21-19-17-14-11-8-5-2/h7,10,16-19,22-23,25-26,28-29,52H,4-6,8-9,11-15,20-21,24,27,30-51H2,1-3H3/b10-7-,18-16-,19-17-,23-22-,26-25-,29-28-. The fourth-order valence-electron chi connectivity index (χ4n) is 6.87. The highest BCUT2D eigenvalue weighted by Gasteiger charge is 2.19. The number of carbonyl (C=O) groups is 3. The van der Waals surface area contributed by atoms with Crippen LogP contribution in [0, 0.1) is 0 Å². The minimum absolute atomic E-state index is 0.0803. The van der Waals surface area contributed by atoms with Crippen molar-refractivity contribution in [1.82, 2.24) is 0 Å². The Morgan fingerprint density at radius 1 is 0.344 bits per heavy atom. The predicted molar refractivity (Wildman–Crippen MR) is 261 cm³/mol. The molecule has 0 aromatic rings. The fourth-order valence-corrected chi connectivity index (χ4v) is 6.87. The Kier molecular flexibility index (Phi) is 46.9. The molecule has 0 saturated heterocycles. The van der Waals surface area contributed by atoms with Crippen molar-refractivity contribution < 1.29 is 28.6 Å². The summed E-state index contributed by atoms with van der Waals surface area (Å²) in [7, 11) is 0. The Hall–Kier alpha value is -3.15. The molecule has 0 heterocycles. The molecule has 0 radical (unpaired) electrons. The van der Waals surface area contributed by atoms with Crippen molar-refractivity contribution in [2.24, 2.45) is 0 Å². The molecule has 1 unspecified atom stereocenters. The van der Waals surface area contributed by atoms with Crippen LogP contribution in [0.2, 0.25) is 0 Å². The Bertz CT molecular complexity index is 1160. The normalized spacial score (nSPS) is 12.6. The summed E-state index contributed by atoms with van der Waals surface area (Å²) in [6, 6.07) is 0. The maximum absolute atomic E-state index is 12.7. The molecular weight excluding hydrogens is 757 g/mol. The number of esters is 3. The molecule has 0 aliphatic rings. The van der Waals surface area contributed by atoms with Crippen LogP contribution in [0.15, 0.2) is 72.9 Å². The second kappa shape index (κ2) is 49.5. The van der Waals surface area contributed by atoms with Gasteiger partial charge < -0.3 is 14.2 Å². The molecule has 0 aromatic carbocycles. The molecule has 0 saturated carbocycles. The predicted octanol–water partition coefficient (Wildman–Crippen LogP) is 16.6. The minimum Gasteiger partial charge on any atom is -0.462 e. The van der Waals surface area contributed by atoms with Gasteiger partial charge in [-0.15, -0.1) is 0 Å². The third-order valence-corrected chi connectivity index (χ3v) is 10.7. The summed E-state index contributed by atoms with van der Waals surface area (Å²) in [6.07, 6.45) is 62.0. The summed E-state index contributed by atoms with van der Waals surface area (Å²) in [6.45, 7) is 6.42. The van der Waals surface area contributed by atoms with Gasteiger partial charge in [0.25, 0.3) is 0 Å². The van der Waals surface area contributed by atoms with Crippen LogP contribution in [0.25, 0.3) is 0 Å². The molecule has 61 heavy (non-hydrogen) atoms. The van der Waals surface area contributed by atoms with Crippen molar-refractivity contribution in [2.45, 2.75) is 245 Å². The van der Waals surface area contributed by atoms with E-state index >= 15 is 0 Å². The molecule has 0 amide bonds. The molecule has 0 bridgehead atoms. The highest BCUT2D eigenvalue weighted by molar-refractivity contribution is 5.71. The molecule has 1 atom stereocenters. The van der Waals surface area contributed by atoms with Gasteiger partial charge in [0.2, 0.25) is 0 Å². The molecule has 0 rings (SSSR count). The van der Waals surface area contributed by atoms with E-state index in [1.165, 1.54) is 89.9 Å². The molecule has 0 N–H and O–H groups in total. The van der Waals surface area contributed by atoms with Crippen molar-refractivity contribution in [3.8, 4) is 0 Å². The average Bonchev–Trinajstić information content (AvgIpc) is 3.26. The first-order valence-corrected chi connectivity index (χ1v) is 25.4. The second-order valence-electron chi connectivity index (χ2n) is 16.7. The van der Waals surface area contributed by atoms with Gasteiger partial charge in [0.1, 0.15) is 13.2 Å². The van der Waals surface area contributed by atoms with E-state index in [-0.39, 0.29) is 31.1 Å². The van der Waals surface area contributed by atoms with E-state index in [9.17, 15) is 14.4 Å². The number of hydrogen-bond donors (Lipinski definition) is 0.